The molecule has 1 N–H and O–H groups in total. The van der Waals surface area contributed by atoms with Crippen LogP contribution in [0.25, 0.3) is 0 Å². The van der Waals surface area contributed by atoms with Gasteiger partial charge in [-0.3, -0.25) is 4.79 Å². The number of nitrogens with zero attached hydrogens (tertiary/aromatic N) is 1. The van der Waals surface area contributed by atoms with Gasteiger partial charge >= 0.3 is 0 Å². The zero-order valence-corrected chi connectivity index (χ0v) is 10.9. The number of rotatable bonds is 3. The minimum absolute atomic E-state index is 0.0704. The molecule has 2 aliphatic rings. The summed E-state index contributed by atoms with van der Waals surface area (Å²) in [6.07, 6.45) is 8.87. The molecule has 0 spiro atoms. The van der Waals surface area contributed by atoms with Crippen molar-refractivity contribution in [3.05, 3.63) is 0 Å². The maximum atomic E-state index is 12.2. The van der Waals surface area contributed by atoms with Crippen molar-refractivity contribution >= 4 is 5.91 Å². The van der Waals surface area contributed by atoms with Crippen LogP contribution < -0.4 is 0 Å². The SMILES string of the molecule is CN(CCO)C(=O)C1CCC2CCCCC2C1. The van der Waals surface area contributed by atoms with E-state index in [4.69, 9.17) is 5.11 Å². The van der Waals surface area contributed by atoms with E-state index < -0.39 is 0 Å². The van der Waals surface area contributed by atoms with Crippen LogP contribution >= 0.6 is 0 Å². The molecule has 3 heteroatoms. The predicted octanol–water partition coefficient (Wildman–Crippen LogP) is 2.04. The highest BCUT2D eigenvalue weighted by molar-refractivity contribution is 5.78. The molecule has 0 saturated heterocycles. The Kier molecular flexibility index (Phi) is 4.43. The Morgan fingerprint density at radius 2 is 1.88 bits per heavy atom. The molecule has 0 aromatic rings. The Morgan fingerprint density at radius 3 is 2.59 bits per heavy atom. The predicted molar refractivity (Wildman–Crippen MR) is 67.5 cm³/mol. The van der Waals surface area contributed by atoms with Gasteiger partial charge in [-0.1, -0.05) is 25.7 Å². The lowest BCUT2D eigenvalue weighted by atomic mass is 9.67. The van der Waals surface area contributed by atoms with Crippen molar-refractivity contribution in [2.24, 2.45) is 17.8 Å². The zero-order valence-electron chi connectivity index (χ0n) is 10.9. The molecule has 0 heterocycles. The van der Waals surface area contributed by atoms with Crippen molar-refractivity contribution in [3.63, 3.8) is 0 Å². The van der Waals surface area contributed by atoms with Gasteiger partial charge in [0.15, 0.2) is 0 Å². The maximum absolute atomic E-state index is 12.2. The van der Waals surface area contributed by atoms with Gasteiger partial charge in [0.1, 0.15) is 0 Å². The summed E-state index contributed by atoms with van der Waals surface area (Å²) in [5.74, 6) is 2.18. The van der Waals surface area contributed by atoms with Gasteiger partial charge in [0, 0.05) is 19.5 Å². The highest BCUT2D eigenvalue weighted by Crippen LogP contribution is 2.42. The quantitative estimate of drug-likeness (QED) is 0.819. The van der Waals surface area contributed by atoms with Gasteiger partial charge in [-0.15, -0.1) is 0 Å². The second kappa shape index (κ2) is 5.85. The summed E-state index contributed by atoms with van der Waals surface area (Å²) in [5.41, 5.74) is 0. The van der Waals surface area contributed by atoms with E-state index in [1.54, 1.807) is 4.90 Å². The molecule has 0 radical (unpaired) electrons. The molecule has 17 heavy (non-hydrogen) atoms. The number of likely N-dealkylation sites (N-methyl/N-ethyl adjacent to an activating group) is 1. The Morgan fingerprint density at radius 1 is 1.18 bits per heavy atom. The highest BCUT2D eigenvalue weighted by atomic mass is 16.3. The molecule has 2 saturated carbocycles. The average molecular weight is 239 g/mol. The van der Waals surface area contributed by atoms with Gasteiger partial charge in [-0.2, -0.15) is 0 Å². The second-order valence-corrected chi connectivity index (χ2v) is 5.80. The van der Waals surface area contributed by atoms with Crippen LogP contribution in [0.3, 0.4) is 0 Å². The fourth-order valence-electron chi connectivity index (χ4n) is 3.67. The largest absolute Gasteiger partial charge is 0.395 e. The lowest BCUT2D eigenvalue weighted by Gasteiger charge is -2.39. The van der Waals surface area contributed by atoms with Gasteiger partial charge in [-0.05, 0) is 31.1 Å². The van der Waals surface area contributed by atoms with Gasteiger partial charge in [-0.25, -0.2) is 0 Å². The molecule has 3 atom stereocenters. The normalized spacial score (nSPS) is 32.9. The number of carbonyl (C=O) groups is 1. The van der Waals surface area contributed by atoms with Crippen LogP contribution in [0.4, 0.5) is 0 Å². The Balaban J connectivity index is 1.88. The fourth-order valence-corrected chi connectivity index (χ4v) is 3.67. The van der Waals surface area contributed by atoms with Gasteiger partial charge in [0.25, 0.3) is 0 Å². The van der Waals surface area contributed by atoms with Gasteiger partial charge < -0.3 is 10.0 Å². The molecule has 2 rings (SSSR count). The Labute approximate surface area is 104 Å². The molecule has 3 unspecified atom stereocenters. The van der Waals surface area contributed by atoms with Crippen LogP contribution in [0.15, 0.2) is 0 Å². The van der Waals surface area contributed by atoms with E-state index in [9.17, 15) is 4.79 Å². The first-order valence-electron chi connectivity index (χ1n) is 7.08. The first kappa shape index (κ1) is 12.9. The topological polar surface area (TPSA) is 40.5 Å². The molecule has 98 valence electrons. The average Bonchev–Trinajstić information content (AvgIpc) is 2.37. The van der Waals surface area contributed by atoms with E-state index in [1.807, 2.05) is 7.05 Å². The molecule has 2 fully saturated rings. The lowest BCUT2D eigenvalue weighted by Crippen LogP contribution is -2.39. The number of amides is 1. The number of carbonyl (C=O) groups excluding carboxylic acids is 1. The van der Waals surface area contributed by atoms with E-state index in [0.717, 1.165) is 24.7 Å². The van der Waals surface area contributed by atoms with Crippen molar-refractivity contribution in [2.45, 2.75) is 44.9 Å². The minimum atomic E-state index is 0.0704. The van der Waals surface area contributed by atoms with E-state index in [0.29, 0.717) is 6.54 Å². The van der Waals surface area contributed by atoms with Crippen molar-refractivity contribution in [1.82, 2.24) is 4.90 Å². The molecule has 0 aliphatic heterocycles. The number of hydrogen-bond acceptors (Lipinski definition) is 2. The lowest BCUT2D eigenvalue weighted by molar-refractivity contribution is -0.137. The first-order valence-corrected chi connectivity index (χ1v) is 7.08. The number of aliphatic hydroxyl groups is 1. The van der Waals surface area contributed by atoms with Crippen LogP contribution in [-0.2, 0) is 4.79 Å². The zero-order chi connectivity index (χ0) is 12.3. The van der Waals surface area contributed by atoms with Crippen LogP contribution in [0, 0.1) is 17.8 Å². The third-order valence-corrected chi connectivity index (χ3v) is 4.70. The van der Waals surface area contributed by atoms with Crippen molar-refractivity contribution in [2.75, 3.05) is 20.2 Å². The third kappa shape index (κ3) is 3.01. The van der Waals surface area contributed by atoms with Gasteiger partial charge in [0.05, 0.1) is 6.61 Å². The first-order chi connectivity index (χ1) is 8.22. The van der Waals surface area contributed by atoms with Crippen LogP contribution in [0.5, 0.6) is 0 Å². The van der Waals surface area contributed by atoms with Crippen molar-refractivity contribution in [1.29, 1.82) is 0 Å². The molecule has 1 amide bonds. The van der Waals surface area contributed by atoms with Crippen LogP contribution in [0.1, 0.15) is 44.9 Å². The van der Waals surface area contributed by atoms with Crippen molar-refractivity contribution < 1.29 is 9.90 Å². The number of aliphatic hydroxyl groups excluding tert-OH is 1. The van der Waals surface area contributed by atoms with Crippen LogP contribution in [0.2, 0.25) is 0 Å². The molecular weight excluding hydrogens is 214 g/mol. The molecule has 3 nitrogen and oxygen atoms in total. The Bertz CT molecular complexity index is 267. The standard InChI is InChI=1S/C14H25NO2/c1-15(8-9-16)14(17)13-7-6-11-4-2-3-5-12(11)10-13/h11-13,16H,2-10H2,1H3. The third-order valence-electron chi connectivity index (χ3n) is 4.70. The van der Waals surface area contributed by atoms with E-state index in [-0.39, 0.29) is 18.4 Å². The maximum Gasteiger partial charge on any atom is 0.225 e. The Hall–Kier alpha value is -0.570. The van der Waals surface area contributed by atoms with E-state index in [1.165, 1.54) is 32.1 Å². The summed E-state index contributed by atoms with van der Waals surface area (Å²) in [6, 6.07) is 0. The monoisotopic (exact) mass is 239 g/mol. The summed E-state index contributed by atoms with van der Waals surface area (Å²) in [6.45, 7) is 0.546. The second-order valence-electron chi connectivity index (χ2n) is 5.80. The summed E-state index contributed by atoms with van der Waals surface area (Å²) >= 11 is 0. The molecular formula is C14H25NO2. The number of hydrogen-bond donors (Lipinski definition) is 1. The molecule has 0 bridgehead atoms. The van der Waals surface area contributed by atoms with Crippen molar-refractivity contribution in [3.8, 4) is 0 Å². The highest BCUT2D eigenvalue weighted by Gasteiger charge is 2.35. The molecule has 0 aromatic heterocycles. The summed E-state index contributed by atoms with van der Waals surface area (Å²) in [4.78, 5) is 13.9. The van der Waals surface area contributed by atoms with E-state index >= 15 is 0 Å². The number of fused-ring (bicyclic) bond motifs is 1. The summed E-state index contributed by atoms with van der Waals surface area (Å²) < 4.78 is 0. The van der Waals surface area contributed by atoms with Crippen LogP contribution in [-0.4, -0.2) is 36.1 Å². The van der Waals surface area contributed by atoms with Gasteiger partial charge in [0.2, 0.25) is 5.91 Å². The van der Waals surface area contributed by atoms with E-state index in [2.05, 4.69) is 0 Å². The molecule has 0 aromatic carbocycles. The molecule has 2 aliphatic carbocycles. The minimum Gasteiger partial charge on any atom is -0.395 e. The summed E-state index contributed by atoms with van der Waals surface area (Å²) in [7, 11) is 1.81. The summed E-state index contributed by atoms with van der Waals surface area (Å²) in [5, 5.41) is 8.88. The smallest absolute Gasteiger partial charge is 0.225 e. The fraction of sp³-hybridized carbons (Fsp3) is 0.929.